The number of nitrogens with one attached hydrogen (secondary N) is 1. The number of esters is 1. The van der Waals surface area contributed by atoms with E-state index in [9.17, 15) is 13.2 Å². The number of rotatable bonds is 8. The predicted octanol–water partition coefficient (Wildman–Crippen LogP) is 4.79. The Morgan fingerprint density at radius 3 is 2.31 bits per heavy atom. The highest BCUT2D eigenvalue weighted by atomic mass is 32.2. The van der Waals surface area contributed by atoms with E-state index in [2.05, 4.69) is 4.72 Å². The second-order valence-electron chi connectivity index (χ2n) is 5.96. The summed E-state index contributed by atoms with van der Waals surface area (Å²) >= 11 is 1.05. The molecule has 0 saturated carbocycles. The van der Waals surface area contributed by atoms with Gasteiger partial charge in [-0.25, -0.2) is 13.2 Å². The molecular formula is C21H21NO5S2. The van der Waals surface area contributed by atoms with Gasteiger partial charge in [0.15, 0.2) is 0 Å². The lowest BCUT2D eigenvalue weighted by Gasteiger charge is -2.12. The molecular weight excluding hydrogens is 410 g/mol. The Morgan fingerprint density at radius 1 is 1.00 bits per heavy atom. The number of hydrogen-bond acceptors (Lipinski definition) is 6. The molecule has 3 rings (SSSR count). The number of benzene rings is 2. The number of ether oxygens (including phenoxy) is 2. The van der Waals surface area contributed by atoms with E-state index < -0.39 is 16.0 Å². The van der Waals surface area contributed by atoms with Crippen LogP contribution in [-0.2, 0) is 14.8 Å². The van der Waals surface area contributed by atoms with Gasteiger partial charge in [-0.3, -0.25) is 4.72 Å². The third-order valence-corrected chi connectivity index (χ3v) is 6.53. The second kappa shape index (κ2) is 9.11. The number of anilines is 1. The summed E-state index contributed by atoms with van der Waals surface area (Å²) in [5.74, 6) is -0.0186. The van der Waals surface area contributed by atoms with Crippen LogP contribution in [0.5, 0.6) is 5.75 Å². The van der Waals surface area contributed by atoms with Crippen molar-refractivity contribution in [1.82, 2.24) is 0 Å². The normalized spacial score (nSPS) is 11.1. The number of carbonyl (C=O) groups is 1. The van der Waals surface area contributed by atoms with Gasteiger partial charge in [0.1, 0.15) is 15.5 Å². The number of thiophene rings is 1. The average molecular weight is 432 g/mol. The minimum atomic E-state index is -4.05. The summed E-state index contributed by atoms with van der Waals surface area (Å²) in [6, 6.07) is 15.6. The fourth-order valence-electron chi connectivity index (χ4n) is 2.76. The van der Waals surface area contributed by atoms with Gasteiger partial charge < -0.3 is 9.47 Å². The molecule has 1 heterocycles. The van der Waals surface area contributed by atoms with E-state index in [-0.39, 0.29) is 16.4 Å². The molecule has 0 bridgehead atoms. The molecule has 0 radical (unpaired) electrons. The molecule has 0 fully saturated rings. The van der Waals surface area contributed by atoms with Crippen molar-refractivity contribution in [1.29, 1.82) is 0 Å². The molecule has 0 unspecified atom stereocenters. The fraction of sp³-hybridized carbons (Fsp3) is 0.190. The third-order valence-electron chi connectivity index (χ3n) is 3.98. The zero-order valence-corrected chi connectivity index (χ0v) is 17.7. The molecule has 29 heavy (non-hydrogen) atoms. The number of hydrogen-bond donors (Lipinski definition) is 1. The molecule has 2 aromatic carbocycles. The van der Waals surface area contributed by atoms with E-state index in [4.69, 9.17) is 9.47 Å². The lowest BCUT2D eigenvalue weighted by atomic mass is 10.1. The molecule has 1 N–H and O–H groups in total. The summed E-state index contributed by atoms with van der Waals surface area (Å²) in [4.78, 5) is 12.4. The fourth-order valence-corrected chi connectivity index (χ4v) is 5.51. The molecule has 3 aromatic rings. The van der Waals surface area contributed by atoms with E-state index in [0.29, 0.717) is 29.2 Å². The maximum Gasteiger partial charge on any atom is 0.349 e. The summed E-state index contributed by atoms with van der Waals surface area (Å²) in [6.45, 7) is 4.22. The van der Waals surface area contributed by atoms with Crippen LogP contribution in [0.4, 0.5) is 5.69 Å². The predicted molar refractivity (Wildman–Crippen MR) is 114 cm³/mol. The summed E-state index contributed by atoms with van der Waals surface area (Å²) in [5.41, 5.74) is 1.52. The second-order valence-corrected chi connectivity index (χ2v) is 8.46. The van der Waals surface area contributed by atoms with Crippen LogP contribution in [0.1, 0.15) is 23.5 Å². The minimum Gasteiger partial charge on any atom is -0.494 e. The first-order valence-corrected chi connectivity index (χ1v) is 11.4. The van der Waals surface area contributed by atoms with E-state index in [1.807, 2.05) is 25.1 Å². The molecule has 0 aliphatic carbocycles. The molecule has 0 amide bonds. The van der Waals surface area contributed by atoms with E-state index in [1.165, 1.54) is 0 Å². The molecule has 0 saturated heterocycles. The Labute approximate surface area is 174 Å². The Kier molecular flexibility index (Phi) is 6.56. The number of sulfonamides is 1. The molecule has 1 aromatic heterocycles. The highest BCUT2D eigenvalue weighted by Gasteiger charge is 2.30. The van der Waals surface area contributed by atoms with E-state index >= 15 is 0 Å². The lowest BCUT2D eigenvalue weighted by molar-refractivity contribution is 0.0528. The van der Waals surface area contributed by atoms with Crippen molar-refractivity contribution in [3.63, 3.8) is 0 Å². The Hall–Kier alpha value is -2.84. The van der Waals surface area contributed by atoms with Crippen LogP contribution in [-0.4, -0.2) is 27.6 Å². The van der Waals surface area contributed by atoms with Gasteiger partial charge in [-0.15, -0.1) is 11.3 Å². The first-order valence-electron chi connectivity index (χ1n) is 9.06. The summed E-state index contributed by atoms with van der Waals surface area (Å²) in [7, 11) is -4.05. The lowest BCUT2D eigenvalue weighted by Crippen LogP contribution is -2.17. The molecule has 152 valence electrons. The van der Waals surface area contributed by atoms with Gasteiger partial charge in [0.25, 0.3) is 10.0 Å². The third kappa shape index (κ3) is 4.78. The van der Waals surface area contributed by atoms with Crippen LogP contribution < -0.4 is 9.46 Å². The van der Waals surface area contributed by atoms with Crippen molar-refractivity contribution >= 4 is 33.0 Å². The topological polar surface area (TPSA) is 81.7 Å². The van der Waals surface area contributed by atoms with Crippen LogP contribution in [0.25, 0.3) is 11.1 Å². The highest BCUT2D eigenvalue weighted by molar-refractivity contribution is 7.93. The molecule has 0 aliphatic rings. The van der Waals surface area contributed by atoms with Crippen LogP contribution in [0.15, 0.2) is 64.9 Å². The van der Waals surface area contributed by atoms with Gasteiger partial charge in [0.05, 0.1) is 13.2 Å². The molecule has 0 spiro atoms. The Balaban J connectivity index is 2.04. The zero-order chi connectivity index (χ0) is 20.9. The SMILES string of the molecule is CCOC(=O)c1scc(-c2ccccc2)c1S(=O)(=O)Nc1ccc(OCC)cc1. The molecule has 0 atom stereocenters. The molecule has 8 heteroatoms. The summed E-state index contributed by atoms with van der Waals surface area (Å²) < 4.78 is 39.5. The standard InChI is InChI=1S/C21H21NO5S2/c1-3-26-17-12-10-16(11-13-17)22-29(24,25)20-18(15-8-6-5-7-9-15)14-28-19(20)21(23)27-4-2/h5-14,22H,3-4H2,1-2H3. The van der Waals surface area contributed by atoms with Gasteiger partial charge in [-0.2, -0.15) is 0 Å². The van der Waals surface area contributed by atoms with Crippen molar-refractivity contribution in [3.8, 4) is 16.9 Å². The van der Waals surface area contributed by atoms with Gasteiger partial charge in [0, 0.05) is 16.6 Å². The van der Waals surface area contributed by atoms with Crippen molar-refractivity contribution in [3.05, 3.63) is 64.9 Å². The minimum absolute atomic E-state index is 0.0455. The van der Waals surface area contributed by atoms with Crippen LogP contribution >= 0.6 is 11.3 Å². The highest BCUT2D eigenvalue weighted by Crippen LogP contribution is 2.36. The van der Waals surface area contributed by atoms with Crippen molar-refractivity contribution in [2.75, 3.05) is 17.9 Å². The van der Waals surface area contributed by atoms with Gasteiger partial charge >= 0.3 is 5.97 Å². The zero-order valence-electron chi connectivity index (χ0n) is 16.0. The first-order chi connectivity index (χ1) is 14.0. The van der Waals surface area contributed by atoms with E-state index in [1.54, 1.807) is 48.7 Å². The summed E-state index contributed by atoms with van der Waals surface area (Å²) in [6.07, 6.45) is 0. The molecule has 6 nitrogen and oxygen atoms in total. The van der Waals surface area contributed by atoms with E-state index in [0.717, 1.165) is 11.3 Å². The number of carbonyl (C=O) groups excluding carboxylic acids is 1. The quantitative estimate of drug-likeness (QED) is 0.519. The first kappa shape index (κ1) is 20.9. The molecule has 0 aliphatic heterocycles. The van der Waals surface area contributed by atoms with Gasteiger partial charge in [-0.1, -0.05) is 30.3 Å². The monoisotopic (exact) mass is 431 g/mol. The maximum absolute atomic E-state index is 13.3. The smallest absolute Gasteiger partial charge is 0.349 e. The van der Waals surface area contributed by atoms with Crippen molar-refractivity contribution in [2.24, 2.45) is 0 Å². The van der Waals surface area contributed by atoms with Crippen LogP contribution in [0.3, 0.4) is 0 Å². The average Bonchev–Trinajstić information content (AvgIpc) is 3.17. The van der Waals surface area contributed by atoms with Gasteiger partial charge in [0.2, 0.25) is 0 Å². The largest absolute Gasteiger partial charge is 0.494 e. The summed E-state index contributed by atoms with van der Waals surface area (Å²) in [5, 5.41) is 1.66. The Bertz CT molecular complexity index is 1070. The maximum atomic E-state index is 13.3. The van der Waals surface area contributed by atoms with Crippen molar-refractivity contribution < 1.29 is 22.7 Å². The van der Waals surface area contributed by atoms with Crippen molar-refractivity contribution in [2.45, 2.75) is 18.7 Å². The van der Waals surface area contributed by atoms with Gasteiger partial charge in [-0.05, 0) is 43.7 Å². The van der Waals surface area contributed by atoms with Crippen LogP contribution in [0.2, 0.25) is 0 Å². The van der Waals surface area contributed by atoms with Crippen LogP contribution in [0, 0.1) is 0 Å². The Morgan fingerprint density at radius 2 is 1.69 bits per heavy atom.